The summed E-state index contributed by atoms with van der Waals surface area (Å²) in [4.78, 5) is 0. The van der Waals surface area contributed by atoms with E-state index in [9.17, 15) is 0 Å². The highest BCUT2D eigenvalue weighted by Gasteiger charge is 2.20. The number of hydrogen-bond donors (Lipinski definition) is 1. The van der Waals surface area contributed by atoms with E-state index in [2.05, 4.69) is 46.4 Å². The van der Waals surface area contributed by atoms with Crippen molar-refractivity contribution in [3.8, 4) is 11.5 Å². The molecule has 3 heteroatoms. The van der Waals surface area contributed by atoms with Crippen molar-refractivity contribution in [1.29, 1.82) is 0 Å². The van der Waals surface area contributed by atoms with Gasteiger partial charge in [0.25, 0.3) is 0 Å². The lowest BCUT2D eigenvalue weighted by atomic mass is 10.2. The summed E-state index contributed by atoms with van der Waals surface area (Å²) >= 11 is 3.53. The van der Waals surface area contributed by atoms with E-state index in [1.807, 2.05) is 24.3 Å². The molecule has 3 rings (SSSR count). The van der Waals surface area contributed by atoms with Crippen molar-refractivity contribution < 1.29 is 4.74 Å². The Morgan fingerprint density at radius 3 is 2.60 bits per heavy atom. The minimum Gasteiger partial charge on any atom is -0.457 e. The van der Waals surface area contributed by atoms with Gasteiger partial charge >= 0.3 is 0 Å². The first-order valence-electron chi connectivity index (χ1n) is 6.97. The molecule has 20 heavy (non-hydrogen) atoms. The molecule has 0 aliphatic heterocycles. The van der Waals surface area contributed by atoms with Crippen molar-refractivity contribution in [2.45, 2.75) is 32.4 Å². The second kappa shape index (κ2) is 5.98. The molecule has 2 aromatic rings. The number of aryl methyl sites for hydroxylation is 1. The quantitative estimate of drug-likeness (QED) is 0.849. The summed E-state index contributed by atoms with van der Waals surface area (Å²) in [6, 6.07) is 15.0. The Hall–Kier alpha value is -1.32. The summed E-state index contributed by atoms with van der Waals surface area (Å²) in [5, 5.41) is 3.53. The molecule has 0 saturated heterocycles. The van der Waals surface area contributed by atoms with Gasteiger partial charge in [-0.2, -0.15) is 0 Å². The Labute approximate surface area is 128 Å². The number of nitrogens with one attached hydrogen (secondary N) is 1. The summed E-state index contributed by atoms with van der Waals surface area (Å²) in [5.41, 5.74) is 2.43. The zero-order valence-electron chi connectivity index (χ0n) is 11.5. The molecule has 0 radical (unpaired) electrons. The topological polar surface area (TPSA) is 21.3 Å². The molecule has 0 heterocycles. The van der Waals surface area contributed by atoms with Gasteiger partial charge in [0.05, 0.1) is 0 Å². The van der Waals surface area contributed by atoms with Gasteiger partial charge < -0.3 is 10.1 Å². The first kappa shape index (κ1) is 13.7. The summed E-state index contributed by atoms with van der Waals surface area (Å²) in [7, 11) is 0. The second-order valence-corrected chi connectivity index (χ2v) is 6.24. The lowest BCUT2D eigenvalue weighted by Gasteiger charge is -2.12. The van der Waals surface area contributed by atoms with E-state index in [4.69, 9.17) is 4.74 Å². The molecule has 2 aromatic carbocycles. The maximum Gasteiger partial charge on any atom is 0.131 e. The number of hydrogen-bond acceptors (Lipinski definition) is 2. The fourth-order valence-corrected chi connectivity index (χ4v) is 2.47. The smallest absolute Gasteiger partial charge is 0.131 e. The van der Waals surface area contributed by atoms with Crippen molar-refractivity contribution in [3.63, 3.8) is 0 Å². The van der Waals surface area contributed by atoms with E-state index in [-0.39, 0.29) is 0 Å². The fraction of sp³-hybridized carbons (Fsp3) is 0.294. The Morgan fingerprint density at radius 1 is 1.15 bits per heavy atom. The predicted octanol–water partition coefficient (Wildman–Crippen LogP) is 4.80. The van der Waals surface area contributed by atoms with Crippen LogP contribution in [0.1, 0.15) is 24.0 Å². The molecule has 0 amide bonds. The van der Waals surface area contributed by atoms with Crippen LogP contribution in [-0.4, -0.2) is 6.04 Å². The van der Waals surface area contributed by atoms with Crippen molar-refractivity contribution in [3.05, 3.63) is 58.1 Å². The van der Waals surface area contributed by atoms with Crippen LogP contribution in [0, 0.1) is 6.92 Å². The standard InChI is InChI=1S/C17H18BrNO/c1-12-2-7-16(8-3-12)20-17-9-4-14(18)10-13(17)11-19-15-5-6-15/h2-4,7-10,15,19H,5-6,11H2,1H3. The molecule has 0 aromatic heterocycles. The van der Waals surface area contributed by atoms with Crippen LogP contribution in [0.15, 0.2) is 46.9 Å². The summed E-state index contributed by atoms with van der Waals surface area (Å²) in [6.45, 7) is 2.93. The molecule has 0 atom stereocenters. The highest BCUT2D eigenvalue weighted by molar-refractivity contribution is 9.10. The third-order valence-corrected chi connectivity index (χ3v) is 3.92. The molecule has 104 valence electrons. The van der Waals surface area contributed by atoms with Crippen LogP contribution < -0.4 is 10.1 Å². The van der Waals surface area contributed by atoms with Gasteiger partial charge in [-0.3, -0.25) is 0 Å². The minimum absolute atomic E-state index is 0.696. The number of ether oxygens (including phenoxy) is 1. The summed E-state index contributed by atoms with van der Waals surface area (Å²) in [6.07, 6.45) is 2.59. The largest absolute Gasteiger partial charge is 0.457 e. The SMILES string of the molecule is Cc1ccc(Oc2ccc(Br)cc2CNC2CC2)cc1. The molecular weight excluding hydrogens is 314 g/mol. The van der Waals surface area contributed by atoms with E-state index in [1.54, 1.807) is 0 Å². The predicted molar refractivity (Wildman–Crippen MR) is 85.3 cm³/mol. The van der Waals surface area contributed by atoms with Crippen LogP contribution in [0.25, 0.3) is 0 Å². The molecule has 1 aliphatic rings. The van der Waals surface area contributed by atoms with Crippen molar-refractivity contribution in [1.82, 2.24) is 5.32 Å². The van der Waals surface area contributed by atoms with E-state index in [1.165, 1.54) is 24.0 Å². The highest BCUT2D eigenvalue weighted by Crippen LogP contribution is 2.29. The van der Waals surface area contributed by atoms with E-state index in [0.29, 0.717) is 6.04 Å². The molecule has 1 saturated carbocycles. The molecule has 1 fully saturated rings. The molecule has 0 bridgehead atoms. The number of halogens is 1. The first-order chi connectivity index (χ1) is 9.70. The summed E-state index contributed by atoms with van der Waals surface area (Å²) < 4.78 is 7.10. The normalized spacial score (nSPS) is 14.3. The third-order valence-electron chi connectivity index (χ3n) is 3.43. The zero-order chi connectivity index (χ0) is 13.9. The van der Waals surface area contributed by atoms with Crippen LogP contribution in [0.5, 0.6) is 11.5 Å². The molecule has 1 N–H and O–H groups in total. The second-order valence-electron chi connectivity index (χ2n) is 5.32. The number of benzene rings is 2. The van der Waals surface area contributed by atoms with Crippen molar-refractivity contribution in [2.75, 3.05) is 0 Å². The highest BCUT2D eigenvalue weighted by atomic mass is 79.9. The van der Waals surface area contributed by atoms with Gasteiger partial charge in [-0.15, -0.1) is 0 Å². The Bertz CT molecular complexity index is 590. The van der Waals surface area contributed by atoms with Gasteiger partial charge in [-0.25, -0.2) is 0 Å². The van der Waals surface area contributed by atoms with Crippen LogP contribution in [0.4, 0.5) is 0 Å². The van der Waals surface area contributed by atoms with E-state index < -0.39 is 0 Å². The average molecular weight is 332 g/mol. The molecule has 1 aliphatic carbocycles. The average Bonchev–Trinajstić information content (AvgIpc) is 3.25. The van der Waals surface area contributed by atoms with E-state index >= 15 is 0 Å². The van der Waals surface area contributed by atoms with Crippen molar-refractivity contribution in [2.24, 2.45) is 0 Å². The zero-order valence-corrected chi connectivity index (χ0v) is 13.1. The Morgan fingerprint density at radius 2 is 1.90 bits per heavy atom. The Kier molecular flexibility index (Phi) is 4.08. The Balaban J connectivity index is 1.77. The van der Waals surface area contributed by atoms with Gasteiger partial charge in [0, 0.05) is 22.6 Å². The lowest BCUT2D eigenvalue weighted by Crippen LogP contribution is -2.15. The monoisotopic (exact) mass is 331 g/mol. The minimum atomic E-state index is 0.696. The molecule has 2 nitrogen and oxygen atoms in total. The van der Waals surface area contributed by atoms with Gasteiger partial charge in [0.1, 0.15) is 11.5 Å². The van der Waals surface area contributed by atoms with Gasteiger partial charge in [0.2, 0.25) is 0 Å². The molecule has 0 spiro atoms. The van der Waals surface area contributed by atoms with Gasteiger partial charge in [-0.05, 0) is 50.1 Å². The molecular formula is C17H18BrNO. The van der Waals surface area contributed by atoms with Crippen LogP contribution in [-0.2, 0) is 6.54 Å². The first-order valence-corrected chi connectivity index (χ1v) is 7.76. The van der Waals surface area contributed by atoms with E-state index in [0.717, 1.165) is 22.5 Å². The molecule has 0 unspecified atom stereocenters. The maximum atomic E-state index is 6.01. The fourth-order valence-electron chi connectivity index (χ4n) is 2.06. The van der Waals surface area contributed by atoms with Crippen LogP contribution >= 0.6 is 15.9 Å². The summed E-state index contributed by atoms with van der Waals surface area (Å²) in [5.74, 6) is 1.80. The maximum absolute atomic E-state index is 6.01. The van der Waals surface area contributed by atoms with Crippen LogP contribution in [0.2, 0.25) is 0 Å². The van der Waals surface area contributed by atoms with Gasteiger partial charge in [-0.1, -0.05) is 33.6 Å². The number of rotatable bonds is 5. The van der Waals surface area contributed by atoms with Crippen LogP contribution in [0.3, 0.4) is 0 Å². The van der Waals surface area contributed by atoms with Gasteiger partial charge in [0.15, 0.2) is 0 Å². The third kappa shape index (κ3) is 3.62. The van der Waals surface area contributed by atoms with Crippen molar-refractivity contribution >= 4 is 15.9 Å². The lowest BCUT2D eigenvalue weighted by molar-refractivity contribution is 0.472.